The van der Waals surface area contributed by atoms with Crippen molar-refractivity contribution >= 4 is 21.9 Å². The molecule has 0 aliphatic carbocycles. The maximum absolute atomic E-state index is 12.5. The molecule has 1 amide bonds. The Kier molecular flexibility index (Phi) is 7.77. The number of nitrogens with one attached hydrogen (secondary N) is 1. The molecule has 1 aromatic rings. The van der Waals surface area contributed by atoms with Gasteiger partial charge in [-0.05, 0) is 37.8 Å². The van der Waals surface area contributed by atoms with Crippen molar-refractivity contribution in [2.75, 3.05) is 32.8 Å². The molecule has 0 bridgehead atoms. The molecular weight excluding hydrogens is 424 g/mol. The fourth-order valence-electron chi connectivity index (χ4n) is 3.47. The lowest BCUT2D eigenvalue weighted by Crippen LogP contribution is -2.44. The highest BCUT2D eigenvalue weighted by atomic mass is 32.2. The molecule has 9 nitrogen and oxygen atoms in total. The first-order chi connectivity index (χ1) is 14.8. The molecule has 1 atom stereocenters. The second-order valence-corrected chi connectivity index (χ2v) is 9.71. The average Bonchev–Trinajstić information content (AvgIpc) is 2.98. The number of benzene rings is 1. The van der Waals surface area contributed by atoms with Gasteiger partial charge in [0.15, 0.2) is 17.6 Å². The van der Waals surface area contributed by atoms with Crippen molar-refractivity contribution in [3.05, 3.63) is 18.2 Å². The molecule has 1 aromatic carbocycles. The third kappa shape index (κ3) is 6.33. The lowest BCUT2D eigenvalue weighted by atomic mass is 9.99. The second-order valence-electron chi connectivity index (χ2n) is 7.95. The van der Waals surface area contributed by atoms with Crippen molar-refractivity contribution in [1.82, 2.24) is 9.62 Å². The van der Waals surface area contributed by atoms with Gasteiger partial charge in [-0.1, -0.05) is 6.92 Å². The van der Waals surface area contributed by atoms with Gasteiger partial charge < -0.3 is 19.1 Å². The number of amides is 1. The van der Waals surface area contributed by atoms with E-state index >= 15 is 0 Å². The first-order valence-corrected chi connectivity index (χ1v) is 12.1. The third-order valence-electron chi connectivity index (χ3n) is 5.40. The molecule has 2 heterocycles. The fourth-order valence-corrected chi connectivity index (χ4v) is 4.52. The highest BCUT2D eigenvalue weighted by Crippen LogP contribution is 2.31. The van der Waals surface area contributed by atoms with Crippen molar-refractivity contribution in [3.63, 3.8) is 0 Å². The van der Waals surface area contributed by atoms with E-state index in [0.717, 1.165) is 19.3 Å². The topological polar surface area (TPSA) is 111 Å². The number of nitrogens with zero attached hydrogens (tertiary/aromatic N) is 1. The monoisotopic (exact) mass is 454 g/mol. The summed E-state index contributed by atoms with van der Waals surface area (Å²) >= 11 is 0. The zero-order valence-corrected chi connectivity index (χ0v) is 18.8. The van der Waals surface area contributed by atoms with Gasteiger partial charge in [-0.15, -0.1) is 0 Å². The standard InChI is InChI=1S/C21H30N2O7S/c1-15-7-10-23(11-8-15)21(25)16(2)30-20(24)6-9-22-31(26,27)17-4-5-18-19(14-17)29-13-3-12-28-18/h4-5,14-16,22H,3,6-13H2,1-2H3/t16-/m1/s1. The van der Waals surface area contributed by atoms with Gasteiger partial charge in [0, 0.05) is 32.1 Å². The van der Waals surface area contributed by atoms with Gasteiger partial charge in [-0.3, -0.25) is 9.59 Å². The molecule has 10 heteroatoms. The largest absolute Gasteiger partial charge is 0.490 e. The van der Waals surface area contributed by atoms with Crippen LogP contribution in [0.15, 0.2) is 23.1 Å². The van der Waals surface area contributed by atoms with Crippen LogP contribution in [0, 0.1) is 5.92 Å². The summed E-state index contributed by atoms with van der Waals surface area (Å²) in [5.41, 5.74) is 0. The molecular formula is C21H30N2O7S. The molecule has 0 spiro atoms. The number of rotatable bonds is 7. The van der Waals surface area contributed by atoms with Gasteiger partial charge in [-0.25, -0.2) is 13.1 Å². The van der Waals surface area contributed by atoms with E-state index < -0.39 is 22.1 Å². The number of carbonyl (C=O) groups excluding carboxylic acids is 2. The van der Waals surface area contributed by atoms with Gasteiger partial charge in [0.2, 0.25) is 10.0 Å². The first kappa shape index (κ1) is 23.3. The van der Waals surface area contributed by atoms with E-state index in [2.05, 4.69) is 11.6 Å². The van der Waals surface area contributed by atoms with E-state index in [1.807, 2.05) is 0 Å². The average molecular weight is 455 g/mol. The maximum Gasteiger partial charge on any atom is 0.307 e. The Hall–Kier alpha value is -2.33. The van der Waals surface area contributed by atoms with E-state index in [9.17, 15) is 18.0 Å². The number of likely N-dealkylation sites (tertiary alicyclic amines) is 1. The Labute approximate surface area is 183 Å². The molecule has 1 fully saturated rings. The van der Waals surface area contributed by atoms with Gasteiger partial charge in [0.05, 0.1) is 24.5 Å². The summed E-state index contributed by atoms with van der Waals surface area (Å²) in [5.74, 6) is 0.621. The third-order valence-corrected chi connectivity index (χ3v) is 6.86. The van der Waals surface area contributed by atoms with Crippen LogP contribution in [0.1, 0.15) is 39.5 Å². The number of hydrogen-bond acceptors (Lipinski definition) is 7. The highest BCUT2D eigenvalue weighted by Gasteiger charge is 2.27. The minimum absolute atomic E-state index is 0.0213. The molecule has 3 rings (SSSR count). The van der Waals surface area contributed by atoms with E-state index in [0.29, 0.717) is 43.7 Å². The number of ether oxygens (including phenoxy) is 3. The normalized spacial score (nSPS) is 18.2. The van der Waals surface area contributed by atoms with Crippen LogP contribution in [0.5, 0.6) is 11.5 Å². The quantitative estimate of drug-likeness (QED) is 0.624. The van der Waals surface area contributed by atoms with Crippen LogP contribution in [0.25, 0.3) is 0 Å². The van der Waals surface area contributed by atoms with Crippen molar-refractivity contribution in [1.29, 1.82) is 0 Å². The van der Waals surface area contributed by atoms with Crippen LogP contribution in [0.2, 0.25) is 0 Å². The number of fused-ring (bicyclic) bond motifs is 1. The fraction of sp³-hybridized carbons (Fsp3) is 0.619. The summed E-state index contributed by atoms with van der Waals surface area (Å²) in [4.78, 5) is 26.2. The number of esters is 1. The highest BCUT2D eigenvalue weighted by molar-refractivity contribution is 7.89. The van der Waals surface area contributed by atoms with Gasteiger partial charge in [0.25, 0.3) is 5.91 Å². The van der Waals surface area contributed by atoms with Crippen LogP contribution >= 0.6 is 0 Å². The van der Waals surface area contributed by atoms with Gasteiger partial charge in [-0.2, -0.15) is 0 Å². The Bertz CT molecular complexity index is 895. The van der Waals surface area contributed by atoms with E-state index in [1.165, 1.54) is 12.1 Å². The molecule has 0 unspecified atom stereocenters. The van der Waals surface area contributed by atoms with Gasteiger partial charge >= 0.3 is 5.97 Å². The Balaban J connectivity index is 1.47. The summed E-state index contributed by atoms with van der Waals surface area (Å²) in [6, 6.07) is 4.38. The molecule has 31 heavy (non-hydrogen) atoms. The minimum atomic E-state index is -3.84. The smallest absolute Gasteiger partial charge is 0.307 e. The number of piperidine rings is 1. The zero-order chi connectivity index (χ0) is 22.4. The van der Waals surface area contributed by atoms with Crippen LogP contribution in [-0.4, -0.2) is 64.1 Å². The second kappa shape index (κ2) is 10.3. The summed E-state index contributed by atoms with van der Waals surface area (Å²) in [7, 11) is -3.84. The molecule has 0 saturated carbocycles. The SMILES string of the molecule is CC1CCN(C(=O)[C@@H](C)OC(=O)CCNS(=O)(=O)c2ccc3c(c2)OCCCO3)CC1. The summed E-state index contributed by atoms with van der Waals surface area (Å²) in [6.45, 7) is 5.84. The molecule has 0 radical (unpaired) electrons. The molecule has 0 aromatic heterocycles. The predicted molar refractivity (Wildman–Crippen MR) is 112 cm³/mol. The number of sulfonamides is 1. The molecule has 1 saturated heterocycles. The minimum Gasteiger partial charge on any atom is -0.490 e. The maximum atomic E-state index is 12.5. The van der Waals surface area contributed by atoms with Crippen molar-refractivity contribution in [3.8, 4) is 11.5 Å². The lowest BCUT2D eigenvalue weighted by Gasteiger charge is -2.31. The summed E-state index contributed by atoms with van der Waals surface area (Å²) in [6.07, 6.45) is 1.52. The lowest BCUT2D eigenvalue weighted by molar-refractivity contribution is -0.159. The molecule has 1 N–H and O–H groups in total. The predicted octanol–water partition coefficient (Wildman–Crippen LogP) is 1.71. The van der Waals surface area contributed by atoms with E-state index in [4.69, 9.17) is 14.2 Å². The van der Waals surface area contributed by atoms with E-state index in [-0.39, 0.29) is 23.8 Å². The molecule has 2 aliphatic rings. The molecule has 2 aliphatic heterocycles. The van der Waals surface area contributed by atoms with Crippen molar-refractivity contribution in [2.45, 2.75) is 50.5 Å². The number of hydrogen-bond donors (Lipinski definition) is 1. The Morgan fingerprint density at radius 1 is 1.19 bits per heavy atom. The van der Waals surface area contributed by atoms with Crippen LogP contribution in [0.3, 0.4) is 0 Å². The zero-order valence-electron chi connectivity index (χ0n) is 18.0. The van der Waals surface area contributed by atoms with Crippen molar-refractivity contribution < 1.29 is 32.2 Å². The van der Waals surface area contributed by atoms with Crippen molar-refractivity contribution in [2.24, 2.45) is 5.92 Å². The van der Waals surface area contributed by atoms with Crippen LogP contribution in [0.4, 0.5) is 0 Å². The van der Waals surface area contributed by atoms with Crippen LogP contribution < -0.4 is 14.2 Å². The first-order valence-electron chi connectivity index (χ1n) is 10.6. The molecule has 172 valence electrons. The number of carbonyl (C=O) groups is 2. The summed E-state index contributed by atoms with van der Waals surface area (Å²) < 4.78 is 43.7. The Morgan fingerprint density at radius 2 is 1.87 bits per heavy atom. The summed E-state index contributed by atoms with van der Waals surface area (Å²) in [5, 5.41) is 0. The van der Waals surface area contributed by atoms with Gasteiger partial charge in [0.1, 0.15) is 0 Å². The van der Waals surface area contributed by atoms with Crippen LogP contribution in [-0.2, 0) is 24.3 Å². The Morgan fingerprint density at radius 3 is 2.58 bits per heavy atom. The van der Waals surface area contributed by atoms with E-state index in [1.54, 1.807) is 17.9 Å².